The van der Waals surface area contributed by atoms with E-state index >= 15 is 0 Å². The van der Waals surface area contributed by atoms with Crippen LogP contribution in [0.3, 0.4) is 0 Å². The lowest BCUT2D eigenvalue weighted by atomic mass is 9.98. The lowest BCUT2D eigenvalue weighted by Gasteiger charge is -2.16. The van der Waals surface area contributed by atoms with E-state index in [9.17, 15) is 4.79 Å². The molecule has 0 aromatic heterocycles. The molecule has 0 spiro atoms. The quantitative estimate of drug-likeness (QED) is 0.613. The maximum absolute atomic E-state index is 11.4. The second kappa shape index (κ2) is 3.95. The minimum atomic E-state index is 0.179. The molecule has 0 unspecified atom stereocenters. The van der Waals surface area contributed by atoms with Crippen molar-refractivity contribution < 1.29 is 4.79 Å². The number of carbonyl (C=O) groups excluding carboxylic acids is 1. The van der Waals surface area contributed by atoms with Crippen molar-refractivity contribution in [2.24, 2.45) is 5.92 Å². The molecule has 0 aromatic carbocycles. The summed E-state index contributed by atoms with van der Waals surface area (Å²) in [4.78, 5) is 11.4. The van der Waals surface area contributed by atoms with Crippen LogP contribution in [0, 0.1) is 5.92 Å². The highest BCUT2D eigenvalue weighted by molar-refractivity contribution is 5.94. The van der Waals surface area contributed by atoms with Crippen molar-refractivity contribution in [2.45, 2.75) is 38.5 Å². The van der Waals surface area contributed by atoms with Gasteiger partial charge in [-0.25, -0.2) is 0 Å². The second-order valence-electron chi connectivity index (χ2n) is 4.10. The molecule has 1 aliphatic heterocycles. The van der Waals surface area contributed by atoms with Crippen molar-refractivity contribution in [1.29, 1.82) is 0 Å². The molecular formula is C11H17NO. The van der Waals surface area contributed by atoms with Crippen molar-refractivity contribution in [2.75, 3.05) is 6.54 Å². The standard InChI is InChI=1S/C11H17NO/c13-11-10(6-3-7-12-11)8-9-4-1-2-5-9/h8-9H,1-7H2,(H,12,13)/b10-8+. The lowest BCUT2D eigenvalue weighted by molar-refractivity contribution is -0.118. The molecule has 2 nitrogen and oxygen atoms in total. The van der Waals surface area contributed by atoms with Crippen LogP contribution >= 0.6 is 0 Å². The molecule has 1 heterocycles. The summed E-state index contributed by atoms with van der Waals surface area (Å²) in [5.74, 6) is 0.872. The average Bonchev–Trinajstić information content (AvgIpc) is 2.61. The van der Waals surface area contributed by atoms with E-state index in [1.54, 1.807) is 0 Å². The van der Waals surface area contributed by atoms with Crippen LogP contribution in [0.1, 0.15) is 38.5 Å². The summed E-state index contributed by atoms with van der Waals surface area (Å²) in [7, 11) is 0. The highest BCUT2D eigenvalue weighted by Crippen LogP contribution is 2.28. The first kappa shape index (κ1) is 8.79. The van der Waals surface area contributed by atoms with Gasteiger partial charge < -0.3 is 5.32 Å². The smallest absolute Gasteiger partial charge is 0.246 e. The Morgan fingerprint density at radius 1 is 1.23 bits per heavy atom. The van der Waals surface area contributed by atoms with Crippen LogP contribution in [0.25, 0.3) is 0 Å². The summed E-state index contributed by atoms with van der Waals surface area (Å²) in [6.07, 6.45) is 9.59. The molecule has 2 fully saturated rings. The Balaban J connectivity index is 1.99. The van der Waals surface area contributed by atoms with Crippen LogP contribution in [-0.4, -0.2) is 12.5 Å². The Labute approximate surface area is 79.4 Å². The van der Waals surface area contributed by atoms with Crippen LogP contribution in [0.5, 0.6) is 0 Å². The Morgan fingerprint density at radius 3 is 2.69 bits per heavy atom. The Bertz CT molecular complexity index is 226. The topological polar surface area (TPSA) is 29.1 Å². The third-order valence-electron chi connectivity index (χ3n) is 3.04. The number of hydrogen-bond donors (Lipinski definition) is 1. The van der Waals surface area contributed by atoms with Crippen molar-refractivity contribution >= 4 is 5.91 Å². The predicted octanol–water partition coefficient (Wildman–Crippen LogP) is 2.01. The molecule has 0 bridgehead atoms. The molecule has 1 aliphatic carbocycles. The van der Waals surface area contributed by atoms with Crippen LogP contribution in [-0.2, 0) is 4.79 Å². The summed E-state index contributed by atoms with van der Waals surface area (Å²) in [5.41, 5.74) is 1.04. The van der Waals surface area contributed by atoms with Gasteiger partial charge in [0.15, 0.2) is 0 Å². The minimum absolute atomic E-state index is 0.179. The molecule has 2 heteroatoms. The molecule has 13 heavy (non-hydrogen) atoms. The maximum atomic E-state index is 11.4. The summed E-state index contributed by atoms with van der Waals surface area (Å²) < 4.78 is 0. The molecule has 1 N–H and O–H groups in total. The molecular weight excluding hydrogens is 162 g/mol. The van der Waals surface area contributed by atoms with Crippen LogP contribution < -0.4 is 5.32 Å². The highest BCUT2D eigenvalue weighted by Gasteiger charge is 2.18. The van der Waals surface area contributed by atoms with Gasteiger partial charge in [-0.1, -0.05) is 18.9 Å². The van der Waals surface area contributed by atoms with Crippen molar-refractivity contribution in [1.82, 2.24) is 5.32 Å². The lowest BCUT2D eigenvalue weighted by Crippen LogP contribution is -2.31. The second-order valence-corrected chi connectivity index (χ2v) is 4.10. The Hall–Kier alpha value is -0.790. The van der Waals surface area contributed by atoms with Gasteiger partial charge in [0.1, 0.15) is 0 Å². The molecule has 1 amide bonds. The van der Waals surface area contributed by atoms with Crippen molar-refractivity contribution in [3.63, 3.8) is 0 Å². The Morgan fingerprint density at radius 2 is 2.00 bits per heavy atom. The summed E-state index contributed by atoms with van der Waals surface area (Å²) in [6, 6.07) is 0. The number of carbonyl (C=O) groups is 1. The summed E-state index contributed by atoms with van der Waals surface area (Å²) in [6.45, 7) is 0.862. The molecule has 0 radical (unpaired) electrons. The molecule has 72 valence electrons. The van der Waals surface area contributed by atoms with E-state index in [4.69, 9.17) is 0 Å². The van der Waals surface area contributed by atoms with E-state index in [1.165, 1.54) is 25.7 Å². The number of amides is 1. The van der Waals surface area contributed by atoms with Gasteiger partial charge in [-0.05, 0) is 31.6 Å². The third kappa shape index (κ3) is 2.11. The number of piperidine rings is 1. The SMILES string of the molecule is O=C1NCCC/C1=C\C1CCCC1. The van der Waals surface area contributed by atoms with Gasteiger partial charge in [-0.2, -0.15) is 0 Å². The first-order chi connectivity index (χ1) is 6.36. The number of nitrogens with one attached hydrogen (secondary N) is 1. The fraction of sp³-hybridized carbons (Fsp3) is 0.727. The molecule has 0 aromatic rings. The molecule has 1 saturated heterocycles. The number of rotatable bonds is 1. The molecule has 2 rings (SSSR count). The van der Waals surface area contributed by atoms with Gasteiger partial charge in [-0.15, -0.1) is 0 Å². The third-order valence-corrected chi connectivity index (χ3v) is 3.04. The average molecular weight is 179 g/mol. The van der Waals surface area contributed by atoms with Crippen molar-refractivity contribution in [3.05, 3.63) is 11.6 Å². The number of allylic oxidation sites excluding steroid dienone is 1. The number of hydrogen-bond acceptors (Lipinski definition) is 1. The van der Waals surface area contributed by atoms with E-state index in [1.807, 2.05) is 0 Å². The van der Waals surface area contributed by atoms with Gasteiger partial charge in [0.2, 0.25) is 5.91 Å². The van der Waals surface area contributed by atoms with Gasteiger partial charge in [0.25, 0.3) is 0 Å². The van der Waals surface area contributed by atoms with E-state index in [-0.39, 0.29) is 5.91 Å². The summed E-state index contributed by atoms with van der Waals surface area (Å²) in [5, 5.41) is 2.90. The van der Waals surface area contributed by atoms with E-state index in [2.05, 4.69) is 11.4 Å². The summed E-state index contributed by atoms with van der Waals surface area (Å²) >= 11 is 0. The van der Waals surface area contributed by atoms with Crippen molar-refractivity contribution in [3.8, 4) is 0 Å². The van der Waals surface area contributed by atoms with Crippen LogP contribution in [0.4, 0.5) is 0 Å². The van der Waals surface area contributed by atoms with Crippen LogP contribution in [0.2, 0.25) is 0 Å². The van der Waals surface area contributed by atoms with Gasteiger partial charge >= 0.3 is 0 Å². The fourth-order valence-corrected chi connectivity index (χ4v) is 2.28. The Kier molecular flexibility index (Phi) is 2.67. The monoisotopic (exact) mass is 179 g/mol. The largest absolute Gasteiger partial charge is 0.352 e. The zero-order valence-corrected chi connectivity index (χ0v) is 8.01. The zero-order chi connectivity index (χ0) is 9.10. The van der Waals surface area contributed by atoms with Crippen LogP contribution in [0.15, 0.2) is 11.6 Å². The van der Waals surface area contributed by atoms with Gasteiger partial charge in [0.05, 0.1) is 0 Å². The molecule has 2 aliphatic rings. The zero-order valence-electron chi connectivity index (χ0n) is 8.01. The molecule has 0 atom stereocenters. The highest BCUT2D eigenvalue weighted by atomic mass is 16.1. The van der Waals surface area contributed by atoms with Gasteiger partial charge in [0, 0.05) is 12.1 Å². The van der Waals surface area contributed by atoms with Gasteiger partial charge in [-0.3, -0.25) is 4.79 Å². The normalized spacial score (nSPS) is 28.0. The van der Waals surface area contributed by atoms with E-state index in [0.29, 0.717) is 5.92 Å². The maximum Gasteiger partial charge on any atom is 0.246 e. The minimum Gasteiger partial charge on any atom is -0.352 e. The predicted molar refractivity (Wildman–Crippen MR) is 52.3 cm³/mol. The van der Waals surface area contributed by atoms with E-state index in [0.717, 1.165) is 25.0 Å². The molecule has 1 saturated carbocycles. The first-order valence-electron chi connectivity index (χ1n) is 5.35. The fourth-order valence-electron chi connectivity index (χ4n) is 2.28. The first-order valence-corrected chi connectivity index (χ1v) is 5.35. The van der Waals surface area contributed by atoms with E-state index < -0.39 is 0 Å².